The molecule has 0 amide bonds. The number of rotatable bonds is 5. The van der Waals surface area contributed by atoms with Crippen LogP contribution in [0.4, 0.5) is 13.2 Å². The minimum atomic E-state index is -4.75. The summed E-state index contributed by atoms with van der Waals surface area (Å²) in [5.41, 5.74) is 0. The highest BCUT2D eigenvalue weighted by molar-refractivity contribution is 7.99. The van der Waals surface area contributed by atoms with Crippen molar-refractivity contribution in [3.8, 4) is 5.75 Å². The molecule has 100 valence electrons. The topological polar surface area (TPSA) is 46.5 Å². The smallest absolute Gasteiger partial charge is 0.403 e. The number of carbonyl (C=O) groups is 1. The highest BCUT2D eigenvalue weighted by Crippen LogP contribution is 2.35. The van der Waals surface area contributed by atoms with Crippen molar-refractivity contribution in [3.05, 3.63) is 24.3 Å². The summed E-state index contributed by atoms with van der Waals surface area (Å²) in [6.07, 6.45) is -4.75. The van der Waals surface area contributed by atoms with Gasteiger partial charge < -0.3 is 9.84 Å². The van der Waals surface area contributed by atoms with Crippen LogP contribution in [0.3, 0.4) is 0 Å². The number of aliphatic carboxylic acids is 1. The molecule has 0 radical (unpaired) electrons. The van der Waals surface area contributed by atoms with Gasteiger partial charge in [0.05, 0.1) is 7.11 Å². The average Bonchev–Trinajstić information content (AvgIpc) is 2.27. The summed E-state index contributed by atoms with van der Waals surface area (Å²) < 4.78 is 42.3. The monoisotopic (exact) mass is 280 g/mol. The number of carboxylic acids is 1. The Morgan fingerprint density at radius 3 is 2.56 bits per heavy atom. The van der Waals surface area contributed by atoms with Gasteiger partial charge in [-0.05, 0) is 12.1 Å². The Labute approximate surface area is 106 Å². The van der Waals surface area contributed by atoms with E-state index in [4.69, 9.17) is 9.84 Å². The van der Waals surface area contributed by atoms with Crippen molar-refractivity contribution in [1.29, 1.82) is 0 Å². The van der Waals surface area contributed by atoms with Crippen LogP contribution < -0.4 is 4.74 Å². The average molecular weight is 280 g/mol. The Morgan fingerprint density at radius 2 is 2.06 bits per heavy atom. The standard InChI is InChI=1S/C11H11F3O3S/c1-17-8-4-2-3-5-9(8)18-6-7(10(15)16)11(12,13)14/h2-5,7H,6H2,1H3,(H,15,16). The Kier molecular flexibility index (Phi) is 4.89. The van der Waals surface area contributed by atoms with Gasteiger partial charge in [-0.15, -0.1) is 11.8 Å². The normalized spacial score (nSPS) is 13.1. The molecule has 0 saturated heterocycles. The van der Waals surface area contributed by atoms with Crippen LogP contribution in [0, 0.1) is 5.92 Å². The number of methoxy groups -OCH3 is 1. The summed E-state index contributed by atoms with van der Waals surface area (Å²) >= 11 is 0.809. The number of hydrogen-bond acceptors (Lipinski definition) is 3. The summed E-state index contributed by atoms with van der Waals surface area (Å²) in [6, 6.07) is 6.51. The molecular formula is C11H11F3O3S. The van der Waals surface area contributed by atoms with E-state index < -0.39 is 23.8 Å². The summed E-state index contributed by atoms with van der Waals surface area (Å²) in [7, 11) is 1.40. The van der Waals surface area contributed by atoms with E-state index in [9.17, 15) is 18.0 Å². The molecule has 1 aromatic carbocycles. The number of carboxylic acid groups (broad SMARTS) is 1. The number of ether oxygens (including phenoxy) is 1. The van der Waals surface area contributed by atoms with Gasteiger partial charge >= 0.3 is 12.1 Å². The highest BCUT2D eigenvalue weighted by Gasteiger charge is 2.44. The highest BCUT2D eigenvalue weighted by atomic mass is 32.2. The van der Waals surface area contributed by atoms with Crippen LogP contribution in [0.1, 0.15) is 0 Å². The fraction of sp³-hybridized carbons (Fsp3) is 0.364. The molecule has 1 N–H and O–H groups in total. The fourth-order valence-corrected chi connectivity index (χ4v) is 2.36. The van der Waals surface area contributed by atoms with Crippen LogP contribution in [0.15, 0.2) is 29.2 Å². The molecule has 0 heterocycles. The molecule has 0 spiro atoms. The minimum absolute atomic E-state index is 0.425. The van der Waals surface area contributed by atoms with Crippen LogP contribution >= 0.6 is 11.8 Å². The number of thioether (sulfide) groups is 1. The first-order valence-corrected chi connectivity index (χ1v) is 5.90. The van der Waals surface area contributed by atoms with Gasteiger partial charge in [-0.1, -0.05) is 12.1 Å². The second kappa shape index (κ2) is 5.99. The lowest BCUT2D eigenvalue weighted by molar-refractivity contribution is -0.188. The summed E-state index contributed by atoms with van der Waals surface area (Å²) in [5, 5.41) is 8.55. The Hall–Kier alpha value is -1.37. The molecule has 18 heavy (non-hydrogen) atoms. The van der Waals surface area contributed by atoms with E-state index in [0.29, 0.717) is 10.6 Å². The third-order valence-electron chi connectivity index (χ3n) is 2.17. The van der Waals surface area contributed by atoms with Crippen molar-refractivity contribution in [2.75, 3.05) is 12.9 Å². The van der Waals surface area contributed by atoms with Gasteiger partial charge in [0, 0.05) is 10.6 Å². The van der Waals surface area contributed by atoms with Crippen molar-refractivity contribution in [2.24, 2.45) is 5.92 Å². The first-order valence-electron chi connectivity index (χ1n) is 4.91. The van der Waals surface area contributed by atoms with Gasteiger partial charge in [0.2, 0.25) is 0 Å². The van der Waals surface area contributed by atoms with Gasteiger partial charge in [0.15, 0.2) is 5.92 Å². The van der Waals surface area contributed by atoms with Gasteiger partial charge in [-0.2, -0.15) is 13.2 Å². The van der Waals surface area contributed by atoms with E-state index >= 15 is 0 Å². The second-order valence-corrected chi connectivity index (χ2v) is 4.46. The van der Waals surface area contributed by atoms with Crippen molar-refractivity contribution in [1.82, 2.24) is 0 Å². The second-order valence-electron chi connectivity index (χ2n) is 3.39. The van der Waals surface area contributed by atoms with Crippen LogP contribution in [0.2, 0.25) is 0 Å². The molecule has 7 heteroatoms. The molecule has 0 aromatic heterocycles. The zero-order valence-electron chi connectivity index (χ0n) is 9.40. The Balaban J connectivity index is 2.77. The van der Waals surface area contributed by atoms with Crippen LogP contribution in [0.25, 0.3) is 0 Å². The maximum absolute atomic E-state index is 12.4. The molecule has 0 aliphatic rings. The molecule has 1 unspecified atom stereocenters. The Morgan fingerprint density at radius 1 is 1.44 bits per heavy atom. The first kappa shape index (κ1) is 14.7. The lowest BCUT2D eigenvalue weighted by Crippen LogP contribution is -2.32. The lowest BCUT2D eigenvalue weighted by atomic mass is 10.2. The van der Waals surface area contributed by atoms with E-state index in [1.807, 2.05) is 0 Å². The number of hydrogen-bond donors (Lipinski definition) is 1. The van der Waals surface area contributed by atoms with Crippen molar-refractivity contribution in [2.45, 2.75) is 11.1 Å². The molecular weight excluding hydrogens is 269 g/mol. The summed E-state index contributed by atoms with van der Waals surface area (Å²) in [6.45, 7) is 0. The van der Waals surface area contributed by atoms with Crippen molar-refractivity contribution in [3.63, 3.8) is 0 Å². The van der Waals surface area contributed by atoms with Crippen molar-refractivity contribution >= 4 is 17.7 Å². The van der Waals surface area contributed by atoms with Gasteiger partial charge in [0.1, 0.15) is 5.75 Å². The van der Waals surface area contributed by atoms with E-state index in [1.54, 1.807) is 24.3 Å². The maximum atomic E-state index is 12.4. The van der Waals surface area contributed by atoms with Crippen LogP contribution in [-0.4, -0.2) is 30.1 Å². The molecule has 0 saturated carbocycles. The van der Waals surface area contributed by atoms with E-state index in [1.165, 1.54) is 7.11 Å². The molecule has 1 atom stereocenters. The van der Waals surface area contributed by atoms with Crippen LogP contribution in [-0.2, 0) is 4.79 Å². The SMILES string of the molecule is COc1ccccc1SCC(C(=O)O)C(F)(F)F. The lowest BCUT2D eigenvalue weighted by Gasteiger charge is -2.16. The molecule has 3 nitrogen and oxygen atoms in total. The number of halogens is 3. The maximum Gasteiger partial charge on any atom is 0.403 e. The minimum Gasteiger partial charge on any atom is -0.496 e. The fourth-order valence-electron chi connectivity index (χ4n) is 1.22. The van der Waals surface area contributed by atoms with E-state index in [0.717, 1.165) is 11.8 Å². The molecule has 1 aromatic rings. The third-order valence-corrected chi connectivity index (χ3v) is 3.32. The van der Waals surface area contributed by atoms with E-state index in [-0.39, 0.29) is 0 Å². The largest absolute Gasteiger partial charge is 0.496 e. The molecule has 1 rings (SSSR count). The third kappa shape index (κ3) is 3.83. The first-order chi connectivity index (χ1) is 8.36. The summed E-state index contributed by atoms with van der Waals surface area (Å²) in [4.78, 5) is 11.0. The van der Waals surface area contributed by atoms with Gasteiger partial charge in [-0.25, -0.2) is 0 Å². The number of benzene rings is 1. The molecule has 0 aliphatic heterocycles. The van der Waals surface area contributed by atoms with Crippen LogP contribution in [0.5, 0.6) is 5.75 Å². The zero-order chi connectivity index (χ0) is 13.8. The zero-order valence-corrected chi connectivity index (χ0v) is 10.2. The quantitative estimate of drug-likeness (QED) is 0.842. The molecule has 0 fully saturated rings. The number of alkyl halides is 3. The van der Waals surface area contributed by atoms with Gasteiger partial charge in [-0.3, -0.25) is 4.79 Å². The predicted octanol–water partition coefficient (Wildman–Crippen LogP) is 3.05. The number of para-hydroxylation sites is 1. The molecule has 0 bridgehead atoms. The Bertz CT molecular complexity index is 420. The molecule has 0 aliphatic carbocycles. The van der Waals surface area contributed by atoms with Gasteiger partial charge in [0.25, 0.3) is 0 Å². The predicted molar refractivity (Wildman–Crippen MR) is 60.9 cm³/mol. The van der Waals surface area contributed by atoms with Crippen molar-refractivity contribution < 1.29 is 27.8 Å². The van der Waals surface area contributed by atoms with E-state index in [2.05, 4.69) is 0 Å². The summed E-state index contributed by atoms with van der Waals surface area (Å²) in [5.74, 6) is -4.41.